The fourth-order valence-corrected chi connectivity index (χ4v) is 7.31. The second kappa shape index (κ2) is 18.2. The number of benzene rings is 3. The van der Waals surface area contributed by atoms with Crippen molar-refractivity contribution in [2.45, 2.75) is 42.2 Å². The first-order chi connectivity index (χ1) is 24.5. The van der Waals surface area contributed by atoms with E-state index in [-0.39, 0.29) is 46.2 Å². The molecule has 19 heteroatoms. The normalized spacial score (nSPS) is 13.8. The topological polar surface area (TPSA) is 145 Å². The Kier molecular flexibility index (Phi) is 14.6. The number of nitrogens with one attached hydrogen (secondary N) is 1. The number of carbonyl (C=O) groups is 1. The summed E-state index contributed by atoms with van der Waals surface area (Å²) in [4.78, 5) is 13.7. The number of aromatic amines is 1. The molecular weight excluding hydrogens is 785 g/mol. The van der Waals surface area contributed by atoms with Gasteiger partial charge in [0, 0.05) is 22.1 Å². The van der Waals surface area contributed by atoms with Gasteiger partial charge in [-0.3, -0.25) is 9.89 Å². The van der Waals surface area contributed by atoms with Crippen LogP contribution >= 0.6 is 46.7 Å². The van der Waals surface area contributed by atoms with Crippen molar-refractivity contribution in [3.63, 3.8) is 0 Å². The molecular formula is C33H30Cl2F6N2O7S2. The minimum absolute atomic E-state index is 0.0559. The second-order valence-corrected chi connectivity index (χ2v) is 14.6. The number of hydrogen-bond donors (Lipinski definition) is 5. The van der Waals surface area contributed by atoms with E-state index in [9.17, 15) is 51.6 Å². The van der Waals surface area contributed by atoms with E-state index in [1.807, 2.05) is 5.10 Å². The minimum atomic E-state index is -4.93. The van der Waals surface area contributed by atoms with Crippen molar-refractivity contribution in [1.82, 2.24) is 10.2 Å². The molecule has 0 spiro atoms. The Balaban J connectivity index is 1.88. The predicted molar refractivity (Wildman–Crippen MR) is 185 cm³/mol. The Morgan fingerprint density at radius 1 is 0.865 bits per heavy atom. The van der Waals surface area contributed by atoms with Gasteiger partial charge in [0.25, 0.3) is 0 Å². The molecule has 9 nitrogen and oxygen atoms in total. The number of alkyl halides is 6. The van der Waals surface area contributed by atoms with Gasteiger partial charge in [0.1, 0.15) is 18.1 Å². The largest absolute Gasteiger partial charge is 0.488 e. The average Bonchev–Trinajstić information content (AvgIpc) is 3.60. The quantitative estimate of drug-likeness (QED) is 0.0335. The molecule has 0 saturated heterocycles. The van der Waals surface area contributed by atoms with Crippen LogP contribution in [-0.2, 0) is 23.8 Å². The number of hydrogen-bond acceptors (Lipinski definition) is 10. The molecule has 1 aromatic heterocycles. The standard InChI is InChI=1S/C33H30Cl2F6N2O7S2/c34-19-4-1-17(2-5-19)14-49-26-8-6-22(25-10-27(43-42-25)33(39,40)41)31(30(26)18-3-7-24(35)23(9-18)32(36,37)38)50-28(48)11-29(51-15-20(46)12-44)52-16-21(47)13-45/h1-10,20-21,29,44-47H,11-16H2,(H,42,43). The molecule has 52 heavy (non-hydrogen) atoms. The Hall–Kier alpha value is -3.16. The molecule has 0 aliphatic rings. The molecule has 0 saturated carbocycles. The van der Waals surface area contributed by atoms with Crippen LogP contribution in [0.4, 0.5) is 26.3 Å². The molecule has 0 fully saturated rings. The second-order valence-electron chi connectivity index (χ2n) is 11.0. The third-order valence-corrected chi connectivity index (χ3v) is 10.7. The van der Waals surface area contributed by atoms with Crippen molar-refractivity contribution in [3.8, 4) is 33.9 Å². The average molecular weight is 816 g/mol. The molecule has 0 aliphatic carbocycles. The zero-order valence-corrected chi connectivity index (χ0v) is 29.7. The van der Waals surface area contributed by atoms with Crippen LogP contribution < -0.4 is 9.47 Å². The number of carbonyl (C=O) groups excluding carboxylic acids is 1. The number of esters is 1. The maximum atomic E-state index is 14.1. The SMILES string of the molecule is O=C(CC(SCC(O)CO)SCC(O)CO)Oc1c(-c2cc(C(F)(F)F)[nH]n2)ccc(OCc2ccc(Cl)cc2)c1-c1ccc(Cl)c(C(F)(F)F)c1. The number of ether oxygens (including phenoxy) is 2. The van der Waals surface area contributed by atoms with Crippen LogP contribution in [0.25, 0.3) is 22.4 Å². The molecule has 2 atom stereocenters. The van der Waals surface area contributed by atoms with Gasteiger partial charge in [0.05, 0.1) is 58.3 Å². The highest BCUT2D eigenvalue weighted by Gasteiger charge is 2.36. The van der Waals surface area contributed by atoms with E-state index in [0.29, 0.717) is 22.7 Å². The summed E-state index contributed by atoms with van der Waals surface area (Å²) in [7, 11) is 0. The van der Waals surface area contributed by atoms with Gasteiger partial charge in [-0.25, -0.2) is 0 Å². The monoisotopic (exact) mass is 814 g/mol. The van der Waals surface area contributed by atoms with Crippen LogP contribution in [0.2, 0.25) is 10.0 Å². The summed E-state index contributed by atoms with van der Waals surface area (Å²) in [6.45, 7) is -1.34. The lowest BCUT2D eigenvalue weighted by molar-refractivity contribution is -0.141. The van der Waals surface area contributed by atoms with Crippen molar-refractivity contribution < 1.29 is 61.0 Å². The fraction of sp³-hybridized carbons (Fsp3) is 0.333. The van der Waals surface area contributed by atoms with Gasteiger partial charge in [-0.2, -0.15) is 31.4 Å². The van der Waals surface area contributed by atoms with Gasteiger partial charge in [0.2, 0.25) is 0 Å². The first-order valence-corrected chi connectivity index (χ1v) is 17.9. The first-order valence-electron chi connectivity index (χ1n) is 15.1. The molecule has 0 radical (unpaired) electrons. The van der Waals surface area contributed by atoms with E-state index in [1.54, 1.807) is 24.3 Å². The van der Waals surface area contributed by atoms with Crippen LogP contribution in [0.3, 0.4) is 0 Å². The Morgan fingerprint density at radius 3 is 2.06 bits per heavy atom. The number of halogens is 8. The lowest BCUT2D eigenvalue weighted by Crippen LogP contribution is -2.22. The van der Waals surface area contributed by atoms with Gasteiger partial charge in [0.15, 0.2) is 5.75 Å². The van der Waals surface area contributed by atoms with E-state index in [0.717, 1.165) is 29.6 Å². The number of nitrogens with zero attached hydrogens (tertiary/aromatic N) is 1. The number of aliphatic hydroxyl groups excluding tert-OH is 4. The predicted octanol–water partition coefficient (Wildman–Crippen LogP) is 7.46. The third kappa shape index (κ3) is 11.4. The summed E-state index contributed by atoms with van der Waals surface area (Å²) in [5.74, 6) is -1.75. The molecule has 2 unspecified atom stereocenters. The zero-order valence-electron chi connectivity index (χ0n) is 26.5. The van der Waals surface area contributed by atoms with Crippen LogP contribution in [0.15, 0.2) is 60.7 Å². The maximum absolute atomic E-state index is 14.1. The van der Waals surface area contributed by atoms with Gasteiger partial charge in [-0.15, -0.1) is 23.5 Å². The van der Waals surface area contributed by atoms with Gasteiger partial charge in [-0.05, 0) is 53.6 Å². The highest BCUT2D eigenvalue weighted by atomic mass is 35.5. The third-order valence-electron chi connectivity index (χ3n) is 7.07. The number of rotatable bonds is 16. The van der Waals surface area contributed by atoms with Crippen LogP contribution in [0, 0.1) is 0 Å². The number of aliphatic hydroxyl groups is 4. The van der Waals surface area contributed by atoms with Crippen LogP contribution in [0.1, 0.15) is 23.2 Å². The fourth-order valence-electron chi connectivity index (χ4n) is 4.51. The summed E-state index contributed by atoms with van der Waals surface area (Å²) in [6, 6.07) is 12.4. The molecule has 0 bridgehead atoms. The number of aromatic nitrogens is 2. The lowest BCUT2D eigenvalue weighted by Gasteiger charge is -2.21. The Bertz CT molecular complexity index is 1800. The van der Waals surface area contributed by atoms with Crippen molar-refractivity contribution >= 4 is 52.7 Å². The molecule has 1 heterocycles. The summed E-state index contributed by atoms with van der Waals surface area (Å²) < 4.78 is 94.0. The van der Waals surface area contributed by atoms with Crippen molar-refractivity contribution in [3.05, 3.63) is 87.5 Å². The van der Waals surface area contributed by atoms with E-state index in [1.165, 1.54) is 18.2 Å². The molecule has 3 aromatic carbocycles. The highest BCUT2D eigenvalue weighted by Crippen LogP contribution is 2.48. The van der Waals surface area contributed by atoms with E-state index < -0.39 is 76.8 Å². The van der Waals surface area contributed by atoms with Crippen LogP contribution in [-0.4, -0.2) is 78.1 Å². The highest BCUT2D eigenvalue weighted by molar-refractivity contribution is 8.17. The smallest absolute Gasteiger partial charge is 0.432 e. The molecule has 4 aromatic rings. The van der Waals surface area contributed by atoms with E-state index >= 15 is 0 Å². The molecule has 0 aliphatic heterocycles. The molecule has 4 rings (SSSR count). The van der Waals surface area contributed by atoms with Crippen molar-refractivity contribution in [2.75, 3.05) is 24.7 Å². The Labute approximate surface area is 311 Å². The van der Waals surface area contributed by atoms with E-state index in [2.05, 4.69) is 5.10 Å². The zero-order chi connectivity index (χ0) is 38.2. The molecule has 0 amide bonds. The van der Waals surface area contributed by atoms with Crippen molar-refractivity contribution in [2.24, 2.45) is 0 Å². The molecule has 282 valence electrons. The summed E-state index contributed by atoms with van der Waals surface area (Å²) in [6.07, 6.45) is -12.6. The van der Waals surface area contributed by atoms with Crippen LogP contribution in [0.5, 0.6) is 11.5 Å². The minimum Gasteiger partial charge on any atom is -0.488 e. The summed E-state index contributed by atoms with van der Waals surface area (Å²) in [5, 5.41) is 43.6. The van der Waals surface area contributed by atoms with Gasteiger partial charge < -0.3 is 29.9 Å². The van der Waals surface area contributed by atoms with Gasteiger partial charge >= 0.3 is 18.3 Å². The molecule has 5 N–H and O–H groups in total. The first kappa shape index (κ1) is 41.6. The maximum Gasteiger partial charge on any atom is 0.432 e. The number of thioether (sulfide) groups is 2. The number of H-pyrrole nitrogens is 1. The van der Waals surface area contributed by atoms with Gasteiger partial charge in [-0.1, -0.05) is 41.4 Å². The summed E-state index contributed by atoms with van der Waals surface area (Å²) in [5.41, 5.74) is -3.00. The summed E-state index contributed by atoms with van der Waals surface area (Å²) >= 11 is 13.9. The van der Waals surface area contributed by atoms with E-state index in [4.69, 9.17) is 32.7 Å². The van der Waals surface area contributed by atoms with Crippen molar-refractivity contribution in [1.29, 1.82) is 0 Å². The Morgan fingerprint density at radius 2 is 1.50 bits per heavy atom. The lowest BCUT2D eigenvalue weighted by atomic mass is 9.96.